The van der Waals surface area contributed by atoms with Crippen LogP contribution in [0.5, 0.6) is 0 Å². The third-order valence-electron chi connectivity index (χ3n) is 7.27. The number of aromatic nitrogens is 1. The molecule has 6 heteroatoms. The number of alkyl carbamates (subject to hydrolysis) is 1. The summed E-state index contributed by atoms with van der Waals surface area (Å²) in [5.41, 5.74) is 2.20. The van der Waals surface area contributed by atoms with E-state index in [1.807, 2.05) is 12.3 Å². The van der Waals surface area contributed by atoms with E-state index >= 15 is 0 Å². The molecule has 0 spiro atoms. The molecule has 206 valence electrons. The summed E-state index contributed by atoms with van der Waals surface area (Å²) < 4.78 is 18.9. The summed E-state index contributed by atoms with van der Waals surface area (Å²) in [6, 6.07) is 4.14. The molecule has 1 aliphatic rings. The number of carbonyl (C=O) groups excluding carboxylic acids is 1. The number of ether oxygens (including phenoxy) is 3. The van der Waals surface area contributed by atoms with Crippen LogP contribution in [0, 0.1) is 0 Å². The normalized spacial score (nSPS) is 17.1. The fourth-order valence-electron chi connectivity index (χ4n) is 5.00. The molecule has 1 amide bonds. The Morgan fingerprint density at radius 2 is 1.56 bits per heavy atom. The number of nitrogens with zero attached hydrogens (tertiary/aromatic N) is 1. The highest BCUT2D eigenvalue weighted by molar-refractivity contribution is 5.66. The summed E-state index contributed by atoms with van der Waals surface area (Å²) in [7, 11) is 1.38. The van der Waals surface area contributed by atoms with Crippen molar-refractivity contribution < 1.29 is 23.6 Å². The van der Waals surface area contributed by atoms with Gasteiger partial charge in [0.1, 0.15) is 13.1 Å². The first-order chi connectivity index (χ1) is 17.7. The third kappa shape index (κ3) is 12.1. The Bertz CT molecular complexity index is 706. The maximum Gasteiger partial charge on any atom is 0.407 e. The van der Waals surface area contributed by atoms with Crippen LogP contribution in [0.25, 0.3) is 0 Å². The summed E-state index contributed by atoms with van der Waals surface area (Å²) in [5, 5.41) is 2.80. The predicted molar refractivity (Wildman–Crippen MR) is 145 cm³/mol. The molecule has 1 fully saturated rings. The number of carbonyl (C=O) groups is 1. The molecule has 1 aliphatic heterocycles. The van der Waals surface area contributed by atoms with Gasteiger partial charge in [-0.25, -0.2) is 9.36 Å². The molecule has 2 atom stereocenters. The smallest absolute Gasteiger partial charge is 0.407 e. The SMILES string of the molecule is CCCCCCCCCCCCCCCCOCC1CC(c2ccc[n+](CC)c2CNC(=O)OC)O1. The number of amides is 1. The molecule has 1 aromatic rings. The van der Waals surface area contributed by atoms with Crippen molar-refractivity contribution in [2.75, 3.05) is 20.3 Å². The minimum absolute atomic E-state index is 0.0631. The highest BCUT2D eigenvalue weighted by atomic mass is 16.6. The Labute approximate surface area is 220 Å². The summed E-state index contributed by atoms with van der Waals surface area (Å²) in [4.78, 5) is 11.5. The number of hydrogen-bond acceptors (Lipinski definition) is 4. The van der Waals surface area contributed by atoms with E-state index in [0.29, 0.717) is 13.2 Å². The second-order valence-electron chi connectivity index (χ2n) is 10.2. The topological polar surface area (TPSA) is 60.7 Å². The Balaban J connectivity index is 1.46. The predicted octanol–water partition coefficient (Wildman–Crippen LogP) is 7.18. The molecule has 6 nitrogen and oxygen atoms in total. The Hall–Kier alpha value is -1.66. The van der Waals surface area contributed by atoms with E-state index < -0.39 is 6.09 Å². The monoisotopic (exact) mass is 505 g/mol. The van der Waals surface area contributed by atoms with Crippen LogP contribution in [0.4, 0.5) is 4.79 Å². The Morgan fingerprint density at radius 1 is 0.972 bits per heavy atom. The Morgan fingerprint density at radius 3 is 2.11 bits per heavy atom. The zero-order valence-electron chi connectivity index (χ0n) is 23.4. The zero-order chi connectivity index (χ0) is 25.8. The standard InChI is InChI=1S/C30H52N2O4/c1-4-6-7-8-9-10-11-12-13-14-15-16-17-18-22-35-25-26-23-29(36-26)27-20-19-21-32(5-2)28(27)24-31-30(33)34-3/h19-21,26,29H,4-18,22-25H2,1-3H3/p+1. The van der Waals surface area contributed by atoms with Crippen molar-refractivity contribution >= 4 is 6.09 Å². The van der Waals surface area contributed by atoms with Crippen LogP contribution in [0.15, 0.2) is 18.3 Å². The van der Waals surface area contributed by atoms with Gasteiger partial charge in [-0.1, -0.05) is 90.4 Å². The molecule has 1 saturated heterocycles. The highest BCUT2D eigenvalue weighted by Crippen LogP contribution is 2.36. The lowest BCUT2D eigenvalue weighted by atomic mass is 9.96. The molecule has 2 unspecified atom stereocenters. The number of unbranched alkanes of at least 4 members (excludes halogenated alkanes) is 13. The molecule has 0 saturated carbocycles. The lowest BCUT2D eigenvalue weighted by Gasteiger charge is -2.36. The van der Waals surface area contributed by atoms with Gasteiger partial charge in [-0.2, -0.15) is 0 Å². The van der Waals surface area contributed by atoms with E-state index in [4.69, 9.17) is 14.2 Å². The second kappa shape index (κ2) is 19.5. The van der Waals surface area contributed by atoms with Crippen LogP contribution in [0.2, 0.25) is 0 Å². The summed E-state index contributed by atoms with van der Waals surface area (Å²) in [6.07, 6.45) is 22.1. The summed E-state index contributed by atoms with van der Waals surface area (Å²) in [6.45, 7) is 7.15. The molecular weight excluding hydrogens is 452 g/mol. The fourth-order valence-corrected chi connectivity index (χ4v) is 5.00. The molecule has 0 bridgehead atoms. The van der Waals surface area contributed by atoms with E-state index in [2.05, 4.69) is 29.8 Å². The molecule has 2 rings (SSSR count). The Kier molecular flexibility index (Phi) is 16.5. The number of rotatable bonds is 21. The van der Waals surface area contributed by atoms with Gasteiger partial charge in [-0.3, -0.25) is 0 Å². The van der Waals surface area contributed by atoms with Crippen LogP contribution < -0.4 is 9.88 Å². The molecule has 2 heterocycles. The molecule has 0 aliphatic carbocycles. The van der Waals surface area contributed by atoms with Crippen molar-refractivity contribution in [3.63, 3.8) is 0 Å². The summed E-state index contributed by atoms with van der Waals surface area (Å²) >= 11 is 0. The van der Waals surface area contributed by atoms with Crippen molar-refractivity contribution in [3.05, 3.63) is 29.6 Å². The molecule has 0 aromatic carbocycles. The first-order valence-corrected chi connectivity index (χ1v) is 14.8. The van der Waals surface area contributed by atoms with Gasteiger partial charge in [-0.05, 0) is 19.4 Å². The van der Waals surface area contributed by atoms with Crippen molar-refractivity contribution in [1.29, 1.82) is 0 Å². The molecule has 36 heavy (non-hydrogen) atoms. The quantitative estimate of drug-likeness (QED) is 0.142. The summed E-state index contributed by atoms with van der Waals surface area (Å²) in [5.74, 6) is 0. The van der Waals surface area contributed by atoms with Gasteiger partial charge < -0.3 is 19.5 Å². The van der Waals surface area contributed by atoms with Gasteiger partial charge in [0.15, 0.2) is 6.20 Å². The van der Waals surface area contributed by atoms with Crippen molar-refractivity contribution in [2.45, 2.75) is 135 Å². The van der Waals surface area contributed by atoms with Crippen molar-refractivity contribution in [1.82, 2.24) is 5.32 Å². The minimum atomic E-state index is -0.420. The van der Waals surface area contributed by atoms with Gasteiger partial charge in [0.25, 0.3) is 0 Å². The lowest BCUT2D eigenvalue weighted by Crippen LogP contribution is -2.44. The van der Waals surface area contributed by atoms with Crippen molar-refractivity contribution in [2.24, 2.45) is 0 Å². The van der Waals surface area contributed by atoms with E-state index in [1.54, 1.807) is 0 Å². The maximum absolute atomic E-state index is 11.5. The van der Waals surface area contributed by atoms with Crippen LogP contribution in [-0.2, 0) is 27.3 Å². The van der Waals surface area contributed by atoms with E-state index in [-0.39, 0.29) is 12.2 Å². The highest BCUT2D eigenvalue weighted by Gasteiger charge is 2.35. The number of hydrogen-bond donors (Lipinski definition) is 1. The first kappa shape index (κ1) is 30.6. The second-order valence-corrected chi connectivity index (χ2v) is 10.2. The van der Waals surface area contributed by atoms with Crippen LogP contribution in [0.3, 0.4) is 0 Å². The molecule has 1 aromatic heterocycles. The lowest BCUT2D eigenvalue weighted by molar-refractivity contribution is -0.701. The number of methoxy groups -OCH3 is 1. The maximum atomic E-state index is 11.5. The first-order valence-electron chi connectivity index (χ1n) is 14.8. The van der Waals surface area contributed by atoms with Crippen LogP contribution >= 0.6 is 0 Å². The largest absolute Gasteiger partial charge is 0.453 e. The number of nitrogens with one attached hydrogen (secondary N) is 1. The van der Waals surface area contributed by atoms with Crippen LogP contribution in [0.1, 0.15) is 128 Å². The third-order valence-corrected chi connectivity index (χ3v) is 7.27. The van der Waals surface area contributed by atoms with Gasteiger partial charge in [-0.15, -0.1) is 0 Å². The van der Waals surface area contributed by atoms with Gasteiger partial charge >= 0.3 is 6.09 Å². The minimum Gasteiger partial charge on any atom is -0.453 e. The van der Waals surface area contributed by atoms with E-state index in [9.17, 15) is 4.79 Å². The number of aryl methyl sites for hydroxylation is 1. The van der Waals surface area contributed by atoms with Gasteiger partial charge in [0, 0.05) is 19.1 Å². The van der Waals surface area contributed by atoms with E-state index in [1.165, 1.54) is 90.6 Å². The van der Waals surface area contributed by atoms with E-state index in [0.717, 1.165) is 37.3 Å². The molecule has 1 N–H and O–H groups in total. The van der Waals surface area contributed by atoms with Gasteiger partial charge in [0.2, 0.25) is 5.69 Å². The van der Waals surface area contributed by atoms with Crippen molar-refractivity contribution in [3.8, 4) is 0 Å². The number of pyridine rings is 1. The molecular formula is C30H53N2O4+. The molecule has 0 radical (unpaired) electrons. The fraction of sp³-hybridized carbons (Fsp3) is 0.800. The zero-order valence-corrected chi connectivity index (χ0v) is 23.4. The average molecular weight is 506 g/mol. The van der Waals surface area contributed by atoms with Gasteiger partial charge in [0.05, 0.1) is 31.5 Å². The van der Waals surface area contributed by atoms with Crippen LogP contribution in [-0.4, -0.2) is 32.5 Å². The average Bonchev–Trinajstić information content (AvgIpc) is 2.87.